The van der Waals surface area contributed by atoms with Gasteiger partial charge in [-0.1, -0.05) is 0 Å². The van der Waals surface area contributed by atoms with Gasteiger partial charge in [-0.25, -0.2) is 9.50 Å². The van der Waals surface area contributed by atoms with Crippen LogP contribution in [0.15, 0.2) is 55.4 Å². The van der Waals surface area contributed by atoms with Crippen molar-refractivity contribution in [2.24, 2.45) is 7.05 Å². The smallest absolute Gasteiger partial charge is 0.257 e. The third-order valence-corrected chi connectivity index (χ3v) is 5.95. The number of nitrogens with zero attached hydrogens (tertiary/aromatic N) is 6. The van der Waals surface area contributed by atoms with E-state index in [1.165, 1.54) is 0 Å². The summed E-state index contributed by atoms with van der Waals surface area (Å²) in [5, 5.41) is 9.73. The van der Waals surface area contributed by atoms with Gasteiger partial charge in [-0.05, 0) is 29.3 Å². The third kappa shape index (κ3) is 2.97. The van der Waals surface area contributed by atoms with Crippen LogP contribution in [0.4, 0.5) is 0 Å². The Labute approximate surface area is 183 Å². The van der Waals surface area contributed by atoms with E-state index in [1.807, 2.05) is 54.9 Å². The van der Waals surface area contributed by atoms with Crippen molar-refractivity contribution >= 4 is 22.5 Å². The fraction of sp³-hybridized carbons (Fsp3) is 0.217. The summed E-state index contributed by atoms with van der Waals surface area (Å²) in [5.41, 5.74) is 6.25. The number of ether oxygens (including phenoxy) is 1. The first-order valence-corrected chi connectivity index (χ1v) is 10.5. The maximum Gasteiger partial charge on any atom is 0.257 e. The average Bonchev–Trinajstić information content (AvgIpc) is 3.56. The number of pyridine rings is 2. The van der Waals surface area contributed by atoms with E-state index in [0.717, 1.165) is 38.8 Å². The van der Waals surface area contributed by atoms with Gasteiger partial charge in [-0.2, -0.15) is 10.2 Å². The molecular formula is C23H21N7O2. The minimum atomic E-state index is -0.0166. The van der Waals surface area contributed by atoms with Crippen LogP contribution in [0, 0.1) is 0 Å². The molecule has 0 saturated carbocycles. The highest BCUT2D eigenvalue weighted by atomic mass is 16.5. The highest BCUT2D eigenvalue weighted by Crippen LogP contribution is 2.36. The number of H-pyrrole nitrogens is 1. The Morgan fingerprint density at radius 1 is 1.09 bits per heavy atom. The number of aryl methyl sites for hydroxylation is 1. The quantitative estimate of drug-likeness (QED) is 0.478. The lowest BCUT2D eigenvalue weighted by Gasteiger charge is -2.26. The van der Waals surface area contributed by atoms with Crippen molar-refractivity contribution in [1.82, 2.24) is 34.3 Å². The van der Waals surface area contributed by atoms with Gasteiger partial charge in [-0.3, -0.25) is 9.48 Å². The molecule has 9 heteroatoms. The van der Waals surface area contributed by atoms with Crippen LogP contribution in [-0.2, 0) is 11.8 Å². The van der Waals surface area contributed by atoms with Crippen molar-refractivity contribution in [1.29, 1.82) is 0 Å². The molecule has 6 rings (SSSR count). The van der Waals surface area contributed by atoms with E-state index in [0.29, 0.717) is 31.9 Å². The first kappa shape index (κ1) is 18.8. The van der Waals surface area contributed by atoms with Crippen LogP contribution in [-0.4, -0.2) is 66.5 Å². The molecule has 5 aromatic rings. The van der Waals surface area contributed by atoms with Crippen LogP contribution in [0.2, 0.25) is 0 Å². The molecule has 1 amide bonds. The number of rotatable bonds is 3. The highest BCUT2D eigenvalue weighted by Gasteiger charge is 2.22. The zero-order chi connectivity index (χ0) is 21.7. The summed E-state index contributed by atoms with van der Waals surface area (Å²) in [4.78, 5) is 22.7. The van der Waals surface area contributed by atoms with Crippen LogP contribution in [0.1, 0.15) is 10.4 Å². The molecule has 1 aliphatic rings. The zero-order valence-electron chi connectivity index (χ0n) is 17.5. The summed E-state index contributed by atoms with van der Waals surface area (Å²) < 4.78 is 8.91. The third-order valence-electron chi connectivity index (χ3n) is 5.95. The van der Waals surface area contributed by atoms with Gasteiger partial charge in [0.2, 0.25) is 0 Å². The molecule has 0 radical (unpaired) electrons. The van der Waals surface area contributed by atoms with Crippen molar-refractivity contribution in [3.05, 3.63) is 60.9 Å². The Hall–Kier alpha value is -3.98. The fourth-order valence-corrected chi connectivity index (χ4v) is 4.33. The normalized spacial score (nSPS) is 14.5. The second kappa shape index (κ2) is 7.31. The molecule has 160 valence electrons. The van der Waals surface area contributed by atoms with Crippen LogP contribution in [0.3, 0.4) is 0 Å². The minimum absolute atomic E-state index is 0.0166. The first-order chi connectivity index (χ1) is 15.7. The number of aromatic nitrogens is 6. The van der Waals surface area contributed by atoms with Crippen molar-refractivity contribution in [2.75, 3.05) is 26.3 Å². The van der Waals surface area contributed by atoms with Crippen molar-refractivity contribution in [3.8, 4) is 22.3 Å². The first-order valence-electron chi connectivity index (χ1n) is 10.5. The summed E-state index contributed by atoms with van der Waals surface area (Å²) >= 11 is 0. The lowest BCUT2D eigenvalue weighted by molar-refractivity contribution is 0.0304. The number of carbonyl (C=O) groups is 1. The molecule has 9 nitrogen and oxygen atoms in total. The second-order valence-corrected chi connectivity index (χ2v) is 7.90. The SMILES string of the molecule is Cn1cc(-c2ccnc3[nH]cc(-c4ccn5ncc(C(=O)N6CCOCC6)c5c4)c23)cn1. The zero-order valence-corrected chi connectivity index (χ0v) is 17.5. The molecule has 0 bridgehead atoms. The molecule has 0 atom stereocenters. The summed E-state index contributed by atoms with van der Waals surface area (Å²) in [5.74, 6) is -0.0166. The molecule has 1 aliphatic heterocycles. The molecule has 6 heterocycles. The predicted molar refractivity (Wildman–Crippen MR) is 119 cm³/mol. The molecule has 0 aromatic carbocycles. The Balaban J connectivity index is 1.48. The maximum atomic E-state index is 13.1. The van der Waals surface area contributed by atoms with Crippen LogP contribution in [0.25, 0.3) is 38.8 Å². The lowest BCUT2D eigenvalue weighted by atomic mass is 10.00. The molecule has 0 spiro atoms. The molecule has 32 heavy (non-hydrogen) atoms. The monoisotopic (exact) mass is 427 g/mol. The summed E-state index contributed by atoms with van der Waals surface area (Å²) in [6, 6.07) is 6.02. The number of aromatic amines is 1. The van der Waals surface area contributed by atoms with Gasteiger partial charge in [0.25, 0.3) is 5.91 Å². The number of hydrogen-bond donors (Lipinski definition) is 1. The Kier molecular flexibility index (Phi) is 4.29. The van der Waals surface area contributed by atoms with E-state index in [1.54, 1.807) is 21.6 Å². The predicted octanol–water partition coefficient (Wildman–Crippen LogP) is 2.75. The largest absolute Gasteiger partial charge is 0.378 e. The Bertz CT molecular complexity index is 1460. The van der Waals surface area contributed by atoms with Gasteiger partial charge in [0.05, 0.1) is 36.7 Å². The number of hydrogen-bond acceptors (Lipinski definition) is 5. The van der Waals surface area contributed by atoms with Gasteiger partial charge in [0, 0.05) is 61.4 Å². The second-order valence-electron chi connectivity index (χ2n) is 7.90. The van der Waals surface area contributed by atoms with Crippen LogP contribution < -0.4 is 0 Å². The molecule has 5 aromatic heterocycles. The molecular weight excluding hydrogens is 406 g/mol. The van der Waals surface area contributed by atoms with Crippen LogP contribution in [0.5, 0.6) is 0 Å². The summed E-state index contributed by atoms with van der Waals surface area (Å²) in [6.07, 6.45) is 11.1. The number of carbonyl (C=O) groups excluding carboxylic acids is 1. The number of nitrogens with one attached hydrogen (secondary N) is 1. The van der Waals surface area contributed by atoms with Gasteiger partial charge in [0.15, 0.2) is 0 Å². The number of fused-ring (bicyclic) bond motifs is 2. The van der Waals surface area contributed by atoms with Crippen molar-refractivity contribution in [3.63, 3.8) is 0 Å². The lowest BCUT2D eigenvalue weighted by Crippen LogP contribution is -2.40. The minimum Gasteiger partial charge on any atom is -0.378 e. The molecule has 1 N–H and O–H groups in total. The summed E-state index contributed by atoms with van der Waals surface area (Å²) in [7, 11) is 1.90. The Morgan fingerprint density at radius 3 is 2.78 bits per heavy atom. The topological polar surface area (TPSA) is 93.3 Å². The van der Waals surface area contributed by atoms with Gasteiger partial charge < -0.3 is 14.6 Å². The van der Waals surface area contributed by atoms with Crippen LogP contribution >= 0.6 is 0 Å². The maximum absolute atomic E-state index is 13.1. The standard InChI is InChI=1S/C23H21N7O2/c1-28-14-16(11-26-28)17-2-4-24-22-21(17)18(12-25-22)15-3-5-30-20(10-15)19(13-27-30)23(31)29-6-8-32-9-7-29/h2-5,10-14H,6-9H2,1H3,(H,24,25). The fourth-order valence-electron chi connectivity index (χ4n) is 4.33. The van der Waals surface area contributed by atoms with E-state index in [2.05, 4.69) is 20.2 Å². The van der Waals surface area contributed by atoms with Gasteiger partial charge in [0.1, 0.15) is 5.65 Å². The molecule has 1 fully saturated rings. The van der Waals surface area contributed by atoms with Crippen molar-refractivity contribution in [2.45, 2.75) is 0 Å². The summed E-state index contributed by atoms with van der Waals surface area (Å²) in [6.45, 7) is 2.32. The molecule has 0 aliphatic carbocycles. The van der Waals surface area contributed by atoms with E-state index >= 15 is 0 Å². The van der Waals surface area contributed by atoms with Crippen molar-refractivity contribution < 1.29 is 9.53 Å². The van der Waals surface area contributed by atoms with E-state index in [-0.39, 0.29) is 5.91 Å². The number of amides is 1. The van der Waals surface area contributed by atoms with E-state index in [9.17, 15) is 4.79 Å². The van der Waals surface area contributed by atoms with E-state index in [4.69, 9.17) is 4.74 Å². The average molecular weight is 427 g/mol. The Morgan fingerprint density at radius 2 is 1.97 bits per heavy atom. The molecule has 1 saturated heterocycles. The van der Waals surface area contributed by atoms with Gasteiger partial charge >= 0.3 is 0 Å². The van der Waals surface area contributed by atoms with E-state index < -0.39 is 0 Å². The van der Waals surface area contributed by atoms with Gasteiger partial charge in [-0.15, -0.1) is 0 Å². The molecule has 0 unspecified atom stereocenters. The number of morpholine rings is 1. The highest BCUT2D eigenvalue weighted by molar-refractivity contribution is 6.05.